The average Bonchev–Trinajstić information content (AvgIpc) is 3.17. The number of hydrogen-bond acceptors (Lipinski definition) is 4. The molecule has 2 aliphatic rings. The first kappa shape index (κ1) is 20.7. The van der Waals surface area contributed by atoms with Crippen molar-refractivity contribution in [3.05, 3.63) is 53.1 Å². The van der Waals surface area contributed by atoms with Crippen molar-refractivity contribution in [2.45, 2.75) is 35.5 Å². The van der Waals surface area contributed by atoms with Crippen LogP contribution >= 0.6 is 23.4 Å². The van der Waals surface area contributed by atoms with Crippen LogP contribution in [0.1, 0.15) is 24.8 Å². The molecule has 1 amide bonds. The van der Waals surface area contributed by atoms with E-state index in [1.165, 1.54) is 11.8 Å². The van der Waals surface area contributed by atoms with Gasteiger partial charge in [-0.05, 0) is 67.3 Å². The lowest BCUT2D eigenvalue weighted by Crippen LogP contribution is -2.35. The minimum atomic E-state index is -3.46. The molecule has 0 unspecified atom stereocenters. The van der Waals surface area contributed by atoms with Gasteiger partial charge < -0.3 is 4.90 Å². The summed E-state index contributed by atoms with van der Waals surface area (Å²) in [6.45, 7) is 1.76. The second-order valence-electron chi connectivity index (χ2n) is 7.29. The zero-order valence-electron chi connectivity index (χ0n) is 16.0. The van der Waals surface area contributed by atoms with Crippen LogP contribution in [0.25, 0.3) is 0 Å². The third-order valence-electron chi connectivity index (χ3n) is 5.38. The first-order chi connectivity index (χ1) is 13.9. The molecule has 0 aliphatic carbocycles. The highest BCUT2D eigenvalue weighted by Crippen LogP contribution is 2.32. The molecule has 29 heavy (non-hydrogen) atoms. The fraction of sp³-hybridized carbons (Fsp3) is 0.381. The number of anilines is 1. The number of benzene rings is 2. The number of halogens is 1. The Balaban J connectivity index is 1.46. The van der Waals surface area contributed by atoms with E-state index in [2.05, 4.69) is 0 Å². The van der Waals surface area contributed by atoms with E-state index in [4.69, 9.17) is 11.6 Å². The second-order valence-corrected chi connectivity index (χ2v) is 10.7. The van der Waals surface area contributed by atoms with Crippen LogP contribution in [0.2, 0.25) is 5.02 Å². The maximum atomic E-state index is 12.9. The molecule has 2 aromatic carbocycles. The van der Waals surface area contributed by atoms with Gasteiger partial charge >= 0.3 is 0 Å². The topological polar surface area (TPSA) is 57.7 Å². The Morgan fingerprint density at radius 2 is 1.72 bits per heavy atom. The number of nitrogens with zero attached hydrogens (tertiary/aromatic N) is 2. The number of fused-ring (bicyclic) bond motifs is 1. The SMILES string of the molecule is O=C(CSc1ccc(Cl)cc1)N1CCc2cc(S(=O)(=O)N3CCCCC3)ccc21. The Morgan fingerprint density at radius 1 is 1.00 bits per heavy atom. The number of hydrogen-bond donors (Lipinski definition) is 0. The number of sulfonamides is 1. The van der Waals surface area contributed by atoms with Gasteiger partial charge in [-0.2, -0.15) is 4.31 Å². The summed E-state index contributed by atoms with van der Waals surface area (Å²) in [7, 11) is -3.46. The van der Waals surface area contributed by atoms with Crippen molar-refractivity contribution in [3.8, 4) is 0 Å². The van der Waals surface area contributed by atoms with Crippen molar-refractivity contribution in [2.75, 3.05) is 30.3 Å². The molecule has 0 aromatic heterocycles. The molecule has 0 atom stereocenters. The van der Waals surface area contributed by atoms with Crippen molar-refractivity contribution >= 4 is 45.0 Å². The Bertz CT molecular complexity index is 1000. The number of amides is 1. The van der Waals surface area contributed by atoms with E-state index in [0.29, 0.717) is 41.7 Å². The average molecular weight is 451 g/mol. The molecule has 4 rings (SSSR count). The van der Waals surface area contributed by atoms with Crippen LogP contribution in [0.4, 0.5) is 5.69 Å². The number of thioether (sulfide) groups is 1. The van der Waals surface area contributed by atoms with Gasteiger partial charge in [0.25, 0.3) is 0 Å². The minimum Gasteiger partial charge on any atom is -0.311 e. The second kappa shape index (κ2) is 8.68. The lowest BCUT2D eigenvalue weighted by atomic mass is 10.2. The zero-order valence-corrected chi connectivity index (χ0v) is 18.4. The van der Waals surface area contributed by atoms with Crippen LogP contribution in [-0.2, 0) is 21.2 Å². The first-order valence-corrected chi connectivity index (χ1v) is 12.6. The predicted molar refractivity (Wildman–Crippen MR) is 117 cm³/mol. The van der Waals surface area contributed by atoms with E-state index in [-0.39, 0.29) is 5.91 Å². The van der Waals surface area contributed by atoms with Gasteiger partial charge in [0.1, 0.15) is 0 Å². The summed E-state index contributed by atoms with van der Waals surface area (Å²) >= 11 is 7.37. The van der Waals surface area contributed by atoms with Crippen molar-refractivity contribution in [2.24, 2.45) is 0 Å². The highest BCUT2D eigenvalue weighted by molar-refractivity contribution is 8.00. The molecular weight excluding hydrogens is 428 g/mol. The van der Waals surface area contributed by atoms with Crippen LogP contribution in [0.5, 0.6) is 0 Å². The van der Waals surface area contributed by atoms with E-state index in [9.17, 15) is 13.2 Å². The van der Waals surface area contributed by atoms with Crippen LogP contribution in [0, 0.1) is 0 Å². The van der Waals surface area contributed by atoms with Gasteiger partial charge in [-0.15, -0.1) is 11.8 Å². The molecule has 0 saturated carbocycles. The maximum Gasteiger partial charge on any atom is 0.243 e. The van der Waals surface area contributed by atoms with Gasteiger partial charge in [-0.3, -0.25) is 4.79 Å². The Labute approximate surface area is 181 Å². The summed E-state index contributed by atoms with van der Waals surface area (Å²) in [5.41, 5.74) is 1.75. The third kappa shape index (κ3) is 4.48. The summed E-state index contributed by atoms with van der Waals surface area (Å²) in [5, 5.41) is 0.671. The van der Waals surface area contributed by atoms with Crippen LogP contribution < -0.4 is 4.90 Å². The van der Waals surface area contributed by atoms with Crippen molar-refractivity contribution in [3.63, 3.8) is 0 Å². The number of carbonyl (C=O) groups is 1. The molecular formula is C21H23ClN2O3S2. The minimum absolute atomic E-state index is 0.0235. The smallest absolute Gasteiger partial charge is 0.243 e. The molecule has 2 aromatic rings. The highest BCUT2D eigenvalue weighted by atomic mass is 35.5. The zero-order chi connectivity index (χ0) is 20.4. The molecule has 0 bridgehead atoms. The van der Waals surface area contributed by atoms with E-state index in [0.717, 1.165) is 35.4 Å². The number of carbonyl (C=O) groups excluding carboxylic acids is 1. The summed E-state index contributed by atoms with van der Waals surface area (Å²) in [6.07, 6.45) is 3.59. The van der Waals surface area contributed by atoms with Crippen molar-refractivity contribution in [1.82, 2.24) is 4.31 Å². The number of piperidine rings is 1. The van der Waals surface area contributed by atoms with Crippen LogP contribution in [0.3, 0.4) is 0 Å². The van der Waals surface area contributed by atoms with E-state index in [1.807, 2.05) is 24.3 Å². The molecule has 1 saturated heterocycles. The van der Waals surface area contributed by atoms with Gasteiger partial charge in [-0.1, -0.05) is 18.0 Å². The van der Waals surface area contributed by atoms with Crippen molar-refractivity contribution in [1.29, 1.82) is 0 Å². The van der Waals surface area contributed by atoms with Gasteiger partial charge in [0, 0.05) is 35.2 Å². The molecule has 8 heteroatoms. The molecule has 0 radical (unpaired) electrons. The number of rotatable bonds is 5. The quantitative estimate of drug-likeness (QED) is 0.640. The van der Waals surface area contributed by atoms with Gasteiger partial charge in [0.05, 0.1) is 10.6 Å². The Hall–Kier alpha value is -1.54. The molecule has 1 fully saturated rings. The molecule has 0 spiro atoms. The van der Waals surface area contributed by atoms with Gasteiger partial charge in [0.15, 0.2) is 0 Å². The van der Waals surface area contributed by atoms with Gasteiger partial charge in [0.2, 0.25) is 15.9 Å². The highest BCUT2D eigenvalue weighted by Gasteiger charge is 2.30. The fourth-order valence-corrected chi connectivity index (χ4v) is 6.27. The van der Waals surface area contributed by atoms with Crippen LogP contribution in [0.15, 0.2) is 52.3 Å². The molecule has 154 valence electrons. The fourth-order valence-electron chi connectivity index (χ4n) is 3.81. The summed E-state index contributed by atoms with van der Waals surface area (Å²) in [4.78, 5) is 15.8. The molecule has 2 aliphatic heterocycles. The first-order valence-electron chi connectivity index (χ1n) is 9.77. The van der Waals surface area contributed by atoms with E-state index < -0.39 is 10.0 Å². The van der Waals surface area contributed by atoms with E-state index >= 15 is 0 Å². The Kier molecular flexibility index (Phi) is 6.20. The summed E-state index contributed by atoms with van der Waals surface area (Å²) in [6, 6.07) is 12.6. The third-order valence-corrected chi connectivity index (χ3v) is 8.52. The lowest BCUT2D eigenvalue weighted by molar-refractivity contribution is -0.116. The summed E-state index contributed by atoms with van der Waals surface area (Å²) in [5.74, 6) is 0.352. The molecule has 2 heterocycles. The standard InChI is InChI=1S/C21H23ClN2O3S2/c22-17-4-6-18(7-5-17)28-15-21(25)24-13-10-16-14-19(8-9-20(16)24)29(26,27)23-11-2-1-3-12-23/h4-9,14H,1-3,10-13,15H2. The largest absolute Gasteiger partial charge is 0.311 e. The molecule has 5 nitrogen and oxygen atoms in total. The monoisotopic (exact) mass is 450 g/mol. The normalized spacial score (nSPS) is 17.3. The molecule has 0 N–H and O–H groups in total. The van der Waals surface area contributed by atoms with Gasteiger partial charge in [-0.25, -0.2) is 8.42 Å². The summed E-state index contributed by atoms with van der Waals surface area (Å²) < 4.78 is 27.4. The van der Waals surface area contributed by atoms with Crippen molar-refractivity contribution < 1.29 is 13.2 Å². The van der Waals surface area contributed by atoms with Crippen LogP contribution in [-0.4, -0.2) is 44.0 Å². The predicted octanol–water partition coefficient (Wildman–Crippen LogP) is 4.20. The maximum absolute atomic E-state index is 12.9. The lowest BCUT2D eigenvalue weighted by Gasteiger charge is -2.26. The van der Waals surface area contributed by atoms with E-state index in [1.54, 1.807) is 27.4 Å². The Morgan fingerprint density at radius 3 is 2.45 bits per heavy atom.